The number of hydrogen-bond acceptors (Lipinski definition) is 6. The molecule has 1 aliphatic heterocycles. The summed E-state index contributed by atoms with van der Waals surface area (Å²) in [5, 5.41) is 5.37. The summed E-state index contributed by atoms with van der Waals surface area (Å²) in [7, 11) is 1.26. The third-order valence-electron chi connectivity index (χ3n) is 5.41. The van der Waals surface area contributed by atoms with Crippen LogP contribution in [-0.2, 0) is 30.3 Å². The van der Waals surface area contributed by atoms with Gasteiger partial charge in [-0.05, 0) is 45.6 Å². The van der Waals surface area contributed by atoms with E-state index in [0.29, 0.717) is 6.42 Å². The first-order valence-electron chi connectivity index (χ1n) is 11.6. The van der Waals surface area contributed by atoms with Gasteiger partial charge in [0.05, 0.1) is 13.2 Å². The second-order valence-corrected chi connectivity index (χ2v) is 10.0. The van der Waals surface area contributed by atoms with Crippen molar-refractivity contribution in [3.05, 3.63) is 35.9 Å². The molecule has 0 radical (unpaired) electrons. The Morgan fingerprint density at radius 3 is 2.18 bits per heavy atom. The number of esters is 1. The predicted molar refractivity (Wildman–Crippen MR) is 127 cm³/mol. The van der Waals surface area contributed by atoms with Gasteiger partial charge < -0.3 is 25.0 Å². The third-order valence-corrected chi connectivity index (χ3v) is 5.41. The molecule has 0 aliphatic carbocycles. The Kier molecular flexibility index (Phi) is 9.06. The van der Waals surface area contributed by atoms with Gasteiger partial charge in [0, 0.05) is 6.42 Å². The number of amides is 3. The van der Waals surface area contributed by atoms with Crippen molar-refractivity contribution in [2.45, 2.75) is 84.2 Å². The van der Waals surface area contributed by atoms with E-state index in [9.17, 15) is 19.2 Å². The first-order valence-corrected chi connectivity index (χ1v) is 11.6. The normalized spacial score (nSPS) is 19.1. The minimum Gasteiger partial charge on any atom is -0.467 e. The largest absolute Gasteiger partial charge is 0.467 e. The fourth-order valence-corrected chi connectivity index (χ4v) is 3.80. The van der Waals surface area contributed by atoms with Crippen LogP contribution in [0.1, 0.15) is 53.5 Å². The van der Waals surface area contributed by atoms with E-state index in [1.807, 2.05) is 44.2 Å². The summed E-state index contributed by atoms with van der Waals surface area (Å²) in [6.07, 6.45) is -0.0190. The summed E-state index contributed by atoms with van der Waals surface area (Å²) >= 11 is 0. The molecule has 188 valence electrons. The minimum atomic E-state index is -0.879. The lowest BCUT2D eigenvalue weighted by molar-refractivity contribution is -0.145. The molecule has 1 aromatic rings. The van der Waals surface area contributed by atoms with Crippen molar-refractivity contribution in [1.82, 2.24) is 15.5 Å². The van der Waals surface area contributed by atoms with Crippen molar-refractivity contribution in [2.24, 2.45) is 5.92 Å². The molecule has 1 fully saturated rings. The molecule has 0 bridgehead atoms. The lowest BCUT2D eigenvalue weighted by Crippen LogP contribution is -2.48. The molecule has 0 spiro atoms. The van der Waals surface area contributed by atoms with Gasteiger partial charge in [0.25, 0.3) is 0 Å². The van der Waals surface area contributed by atoms with Crippen molar-refractivity contribution in [1.29, 1.82) is 0 Å². The highest BCUT2D eigenvalue weighted by atomic mass is 16.6. The van der Waals surface area contributed by atoms with Crippen LogP contribution in [-0.4, -0.2) is 65.7 Å². The maximum absolute atomic E-state index is 13.2. The summed E-state index contributed by atoms with van der Waals surface area (Å²) < 4.78 is 10.2. The molecule has 34 heavy (non-hydrogen) atoms. The standard InChI is InChI=1S/C25H37N3O6/c1-15(2)13-18(27-24(32)34-25(4,5)6)22(30)28-16(3)20(28)21(29)26-19(23(31)33-7)14-17-11-9-8-10-12-17/h8-12,15-16,18-20H,13-14H2,1-7H3,(H,26,29)(H,27,32)/t16-,18-,19-,20-,28?/m0/s1. The molecular weight excluding hydrogens is 438 g/mol. The summed E-state index contributed by atoms with van der Waals surface area (Å²) in [5.41, 5.74) is 0.167. The topological polar surface area (TPSA) is 114 Å². The lowest BCUT2D eigenvalue weighted by Gasteiger charge is -2.24. The fraction of sp³-hybridized carbons (Fsp3) is 0.600. The number of methoxy groups -OCH3 is 1. The Labute approximate surface area is 201 Å². The molecule has 9 nitrogen and oxygen atoms in total. The van der Waals surface area contributed by atoms with Crippen LogP contribution in [0, 0.1) is 5.92 Å². The number of rotatable bonds is 9. The number of nitrogens with zero attached hydrogens (tertiary/aromatic N) is 1. The van der Waals surface area contributed by atoms with Gasteiger partial charge in [0.15, 0.2) is 0 Å². The van der Waals surface area contributed by atoms with Crippen LogP contribution >= 0.6 is 0 Å². The van der Waals surface area contributed by atoms with Crippen LogP contribution in [0.3, 0.4) is 0 Å². The van der Waals surface area contributed by atoms with E-state index < -0.39 is 41.7 Å². The molecule has 3 amide bonds. The Morgan fingerprint density at radius 1 is 1.03 bits per heavy atom. The molecule has 0 aromatic heterocycles. The number of ether oxygens (including phenoxy) is 2. The van der Waals surface area contributed by atoms with Gasteiger partial charge in [0.1, 0.15) is 23.7 Å². The van der Waals surface area contributed by atoms with Gasteiger partial charge in [0.2, 0.25) is 11.8 Å². The molecule has 2 N–H and O–H groups in total. The zero-order chi connectivity index (χ0) is 25.6. The maximum atomic E-state index is 13.2. The first-order chi connectivity index (χ1) is 15.8. The first kappa shape index (κ1) is 27.1. The Balaban J connectivity index is 2.08. The van der Waals surface area contributed by atoms with Crippen molar-refractivity contribution in [3.63, 3.8) is 0 Å². The van der Waals surface area contributed by atoms with Crippen molar-refractivity contribution in [3.8, 4) is 0 Å². The fourth-order valence-electron chi connectivity index (χ4n) is 3.80. The van der Waals surface area contributed by atoms with Gasteiger partial charge in [-0.3, -0.25) is 9.59 Å². The zero-order valence-electron chi connectivity index (χ0n) is 21.1. The lowest BCUT2D eigenvalue weighted by atomic mass is 10.0. The maximum Gasteiger partial charge on any atom is 0.408 e. The Bertz CT molecular complexity index is 880. The highest BCUT2D eigenvalue weighted by molar-refractivity contribution is 5.98. The van der Waals surface area contributed by atoms with Gasteiger partial charge >= 0.3 is 12.1 Å². The molecule has 0 unspecified atom stereocenters. The molecular formula is C25H37N3O6. The van der Waals surface area contributed by atoms with Crippen LogP contribution in [0.25, 0.3) is 0 Å². The summed E-state index contributed by atoms with van der Waals surface area (Å²) in [6.45, 7) is 10.9. The van der Waals surface area contributed by atoms with Crippen LogP contribution in [0.5, 0.6) is 0 Å². The van der Waals surface area contributed by atoms with Crippen molar-refractivity contribution >= 4 is 23.9 Å². The summed E-state index contributed by atoms with van der Waals surface area (Å²) in [6, 6.07) is 6.48. The van der Waals surface area contributed by atoms with Crippen LogP contribution in [0.4, 0.5) is 4.79 Å². The average Bonchev–Trinajstić information content (AvgIpc) is 3.41. The highest BCUT2D eigenvalue weighted by Crippen LogP contribution is 2.30. The van der Waals surface area contributed by atoms with Gasteiger partial charge in [-0.25, -0.2) is 9.59 Å². The molecule has 1 aliphatic rings. The number of hydrogen-bond donors (Lipinski definition) is 2. The number of carbonyl (C=O) groups is 4. The average molecular weight is 476 g/mol. The molecule has 9 heteroatoms. The van der Waals surface area contributed by atoms with E-state index in [-0.39, 0.29) is 24.3 Å². The quantitative estimate of drug-likeness (QED) is 0.419. The van der Waals surface area contributed by atoms with Crippen LogP contribution in [0.2, 0.25) is 0 Å². The monoisotopic (exact) mass is 475 g/mol. The van der Waals surface area contributed by atoms with E-state index in [1.165, 1.54) is 12.0 Å². The second kappa shape index (κ2) is 11.4. The van der Waals surface area contributed by atoms with Crippen molar-refractivity contribution < 1.29 is 28.7 Å². The van der Waals surface area contributed by atoms with E-state index in [0.717, 1.165) is 5.56 Å². The summed E-state index contributed by atoms with van der Waals surface area (Å²) in [4.78, 5) is 52.2. The van der Waals surface area contributed by atoms with E-state index in [4.69, 9.17) is 9.47 Å². The molecule has 1 saturated heterocycles. The van der Waals surface area contributed by atoms with Crippen LogP contribution in [0.15, 0.2) is 30.3 Å². The second-order valence-electron chi connectivity index (χ2n) is 10.0. The molecule has 4 atom stereocenters. The van der Waals surface area contributed by atoms with Gasteiger partial charge in [-0.15, -0.1) is 0 Å². The van der Waals surface area contributed by atoms with E-state index in [1.54, 1.807) is 27.7 Å². The van der Waals surface area contributed by atoms with Gasteiger partial charge in [-0.2, -0.15) is 0 Å². The number of alkyl carbamates (subject to hydrolysis) is 1. The Morgan fingerprint density at radius 2 is 1.65 bits per heavy atom. The smallest absolute Gasteiger partial charge is 0.408 e. The van der Waals surface area contributed by atoms with E-state index in [2.05, 4.69) is 10.6 Å². The van der Waals surface area contributed by atoms with Crippen LogP contribution < -0.4 is 10.6 Å². The minimum absolute atomic E-state index is 0.126. The Hall–Kier alpha value is -3.10. The van der Waals surface area contributed by atoms with E-state index >= 15 is 0 Å². The number of carbonyl (C=O) groups excluding carboxylic acids is 4. The summed E-state index contributed by atoms with van der Waals surface area (Å²) in [5.74, 6) is -1.23. The van der Waals surface area contributed by atoms with Gasteiger partial charge in [-0.1, -0.05) is 44.2 Å². The third kappa shape index (κ3) is 7.74. The SMILES string of the molecule is COC(=O)[C@H](Cc1ccccc1)NC(=O)[C@@H]1[C@H](C)N1C(=O)[C@H](CC(C)C)NC(=O)OC(C)(C)C. The molecule has 1 aromatic carbocycles. The molecule has 0 saturated carbocycles. The molecule has 2 rings (SSSR count). The van der Waals surface area contributed by atoms with Crippen molar-refractivity contribution in [2.75, 3.05) is 7.11 Å². The molecule has 1 heterocycles. The predicted octanol–water partition coefficient (Wildman–Crippen LogP) is 2.43. The zero-order valence-corrected chi connectivity index (χ0v) is 21.1. The number of nitrogens with one attached hydrogen (secondary N) is 2. The highest BCUT2D eigenvalue weighted by Gasteiger charge is 2.54. The number of benzene rings is 1.